The fourth-order valence-electron chi connectivity index (χ4n) is 1.78. The van der Waals surface area contributed by atoms with Crippen LogP contribution in [0.2, 0.25) is 19.6 Å². The van der Waals surface area contributed by atoms with Gasteiger partial charge >= 0.3 is 5.97 Å². The summed E-state index contributed by atoms with van der Waals surface area (Å²) < 4.78 is 4.85. The Morgan fingerprint density at radius 2 is 1.85 bits per heavy atom. The van der Waals surface area contributed by atoms with Crippen LogP contribution in [-0.2, 0) is 16.0 Å². The topological polar surface area (TPSA) is 26.3 Å². The molecule has 0 saturated carbocycles. The number of hydrogen-bond donors (Lipinski definition) is 0. The van der Waals surface area contributed by atoms with Gasteiger partial charge in [-0.1, -0.05) is 67.8 Å². The minimum Gasteiger partial charge on any atom is -0.466 e. The minimum absolute atomic E-state index is 0.235. The van der Waals surface area contributed by atoms with Crippen molar-refractivity contribution in [3.8, 4) is 0 Å². The molecule has 1 aromatic carbocycles. The first-order valence-electron chi connectivity index (χ1n) is 6.91. The summed E-state index contributed by atoms with van der Waals surface area (Å²) in [5, 5.41) is 0. The van der Waals surface area contributed by atoms with E-state index >= 15 is 0 Å². The minimum atomic E-state index is -1.22. The van der Waals surface area contributed by atoms with Gasteiger partial charge in [-0.05, 0) is 18.4 Å². The second kappa shape index (κ2) is 7.85. The summed E-state index contributed by atoms with van der Waals surface area (Å²) in [6.07, 6.45) is 5.46. The van der Waals surface area contributed by atoms with Gasteiger partial charge in [0.15, 0.2) is 0 Å². The zero-order valence-electron chi connectivity index (χ0n) is 12.8. The fraction of sp³-hybridized carbons (Fsp3) is 0.353. The summed E-state index contributed by atoms with van der Waals surface area (Å²) in [6.45, 7) is 6.82. The summed E-state index contributed by atoms with van der Waals surface area (Å²) in [6, 6.07) is 10.1. The lowest BCUT2D eigenvalue weighted by Crippen LogP contribution is -2.15. The van der Waals surface area contributed by atoms with Crippen molar-refractivity contribution < 1.29 is 9.53 Å². The Bertz CT molecular complexity index is 481. The smallest absolute Gasteiger partial charge is 0.333 e. The summed E-state index contributed by atoms with van der Waals surface area (Å²) in [5.74, 6) is -0.235. The van der Waals surface area contributed by atoms with E-state index in [1.54, 1.807) is 0 Å². The number of allylic oxidation sites excluding steroid dienone is 2. The molecule has 0 amide bonds. The van der Waals surface area contributed by atoms with E-state index in [-0.39, 0.29) is 5.97 Å². The van der Waals surface area contributed by atoms with E-state index in [0.29, 0.717) is 6.42 Å². The van der Waals surface area contributed by atoms with Gasteiger partial charge in [-0.2, -0.15) is 0 Å². The lowest BCUT2D eigenvalue weighted by atomic mass is 10.1. The van der Waals surface area contributed by atoms with Crippen LogP contribution in [0.15, 0.2) is 53.8 Å². The van der Waals surface area contributed by atoms with Crippen LogP contribution in [0.4, 0.5) is 0 Å². The predicted octanol–water partition coefficient (Wildman–Crippen LogP) is 4.15. The molecule has 2 nitrogen and oxygen atoms in total. The molecule has 0 aliphatic rings. The highest BCUT2D eigenvalue weighted by Crippen LogP contribution is 2.11. The van der Waals surface area contributed by atoms with E-state index in [1.807, 2.05) is 24.3 Å². The normalized spacial score (nSPS) is 12.7. The number of rotatable bonds is 6. The molecule has 0 aliphatic heterocycles. The largest absolute Gasteiger partial charge is 0.466 e. The molecular weight excluding hydrogens is 264 g/mol. The van der Waals surface area contributed by atoms with Crippen molar-refractivity contribution in [1.29, 1.82) is 0 Å². The van der Waals surface area contributed by atoms with Gasteiger partial charge in [0, 0.05) is 5.57 Å². The zero-order chi connectivity index (χ0) is 15.0. The maximum absolute atomic E-state index is 11.8. The first-order valence-corrected chi connectivity index (χ1v) is 10.5. The summed E-state index contributed by atoms with van der Waals surface area (Å²) >= 11 is 0. The quantitative estimate of drug-likeness (QED) is 0.446. The molecule has 0 unspecified atom stereocenters. The van der Waals surface area contributed by atoms with E-state index in [9.17, 15) is 4.79 Å². The van der Waals surface area contributed by atoms with E-state index in [2.05, 4.69) is 43.5 Å². The first kappa shape index (κ1) is 16.4. The average Bonchev–Trinajstić information content (AvgIpc) is 2.41. The Kier molecular flexibility index (Phi) is 6.45. The second-order valence-electron chi connectivity index (χ2n) is 5.88. The van der Waals surface area contributed by atoms with E-state index < -0.39 is 8.07 Å². The molecule has 1 aromatic rings. The van der Waals surface area contributed by atoms with Crippen molar-refractivity contribution in [2.45, 2.75) is 32.5 Å². The SMILES string of the molecule is COC(=O)/C(=C/Cc1ccccc1)C/C=C\[Si](C)(C)C. The Balaban J connectivity index is 2.74. The molecule has 0 saturated heterocycles. The maximum atomic E-state index is 11.8. The van der Waals surface area contributed by atoms with Crippen molar-refractivity contribution >= 4 is 14.0 Å². The Hall–Kier alpha value is -1.61. The van der Waals surface area contributed by atoms with Gasteiger partial charge < -0.3 is 4.74 Å². The third-order valence-electron chi connectivity index (χ3n) is 2.83. The van der Waals surface area contributed by atoms with Crippen LogP contribution in [0, 0.1) is 0 Å². The molecule has 0 aromatic heterocycles. The summed E-state index contributed by atoms with van der Waals surface area (Å²) in [4.78, 5) is 11.8. The second-order valence-corrected chi connectivity index (χ2v) is 10.9. The van der Waals surface area contributed by atoms with Gasteiger partial charge in [-0.3, -0.25) is 0 Å². The van der Waals surface area contributed by atoms with E-state index in [1.165, 1.54) is 12.7 Å². The number of benzene rings is 1. The standard InChI is InChI=1S/C17H24O2Si/c1-19-17(18)16(11-8-14-20(2,3)4)13-12-15-9-6-5-7-10-15/h5-10,13-14H,11-12H2,1-4H3/b14-8-,16-13+. The van der Waals surface area contributed by atoms with Gasteiger partial charge in [-0.25, -0.2) is 4.79 Å². The zero-order valence-corrected chi connectivity index (χ0v) is 13.8. The predicted molar refractivity (Wildman–Crippen MR) is 87.3 cm³/mol. The summed E-state index contributed by atoms with van der Waals surface area (Å²) in [5.41, 5.74) is 4.18. The Morgan fingerprint density at radius 3 is 2.40 bits per heavy atom. The Morgan fingerprint density at radius 1 is 1.20 bits per heavy atom. The molecule has 0 atom stereocenters. The molecule has 0 radical (unpaired) electrons. The van der Waals surface area contributed by atoms with Gasteiger partial charge in [0.05, 0.1) is 15.2 Å². The average molecular weight is 288 g/mol. The molecule has 0 spiro atoms. The van der Waals surface area contributed by atoms with Gasteiger partial charge in [-0.15, -0.1) is 0 Å². The van der Waals surface area contributed by atoms with Crippen LogP contribution in [0.1, 0.15) is 12.0 Å². The Labute approximate surface area is 123 Å². The molecule has 0 bridgehead atoms. The van der Waals surface area contributed by atoms with Crippen LogP contribution in [-0.4, -0.2) is 21.2 Å². The third kappa shape index (κ3) is 6.52. The highest BCUT2D eigenvalue weighted by molar-refractivity contribution is 6.80. The van der Waals surface area contributed by atoms with Crippen LogP contribution in [0.3, 0.4) is 0 Å². The number of esters is 1. The molecular formula is C17H24O2Si. The lowest BCUT2D eigenvalue weighted by molar-refractivity contribution is -0.136. The van der Waals surface area contributed by atoms with Gasteiger partial charge in [0.25, 0.3) is 0 Å². The van der Waals surface area contributed by atoms with Gasteiger partial charge in [0.2, 0.25) is 0 Å². The number of carbonyl (C=O) groups is 1. The molecule has 0 N–H and O–H groups in total. The maximum Gasteiger partial charge on any atom is 0.333 e. The van der Waals surface area contributed by atoms with Crippen molar-refractivity contribution in [2.75, 3.05) is 7.11 Å². The molecule has 0 fully saturated rings. The van der Waals surface area contributed by atoms with Gasteiger partial charge in [0.1, 0.15) is 0 Å². The summed E-state index contributed by atoms with van der Waals surface area (Å²) in [7, 11) is 0.216. The lowest BCUT2D eigenvalue weighted by Gasteiger charge is -2.09. The molecule has 1 rings (SSSR count). The van der Waals surface area contributed by atoms with Crippen molar-refractivity contribution in [1.82, 2.24) is 0 Å². The first-order chi connectivity index (χ1) is 9.42. The number of carbonyl (C=O) groups excluding carboxylic acids is 1. The van der Waals surface area contributed by atoms with Crippen LogP contribution in [0.25, 0.3) is 0 Å². The number of hydrogen-bond acceptors (Lipinski definition) is 2. The van der Waals surface area contributed by atoms with Crippen LogP contribution in [0.5, 0.6) is 0 Å². The molecule has 3 heteroatoms. The molecule has 20 heavy (non-hydrogen) atoms. The fourth-order valence-corrected chi connectivity index (χ4v) is 2.60. The van der Waals surface area contributed by atoms with Crippen LogP contribution < -0.4 is 0 Å². The van der Waals surface area contributed by atoms with E-state index in [4.69, 9.17) is 4.74 Å². The third-order valence-corrected chi connectivity index (χ3v) is 4.07. The van der Waals surface area contributed by atoms with E-state index in [0.717, 1.165) is 12.0 Å². The molecule has 108 valence electrons. The number of methoxy groups -OCH3 is 1. The molecule has 0 heterocycles. The number of ether oxygens (including phenoxy) is 1. The highest BCUT2D eigenvalue weighted by Gasteiger charge is 2.10. The van der Waals surface area contributed by atoms with Crippen molar-refractivity contribution in [2.24, 2.45) is 0 Å². The monoisotopic (exact) mass is 288 g/mol. The van der Waals surface area contributed by atoms with Crippen molar-refractivity contribution in [3.63, 3.8) is 0 Å². The molecule has 0 aliphatic carbocycles. The van der Waals surface area contributed by atoms with Crippen LogP contribution >= 0.6 is 0 Å². The highest BCUT2D eigenvalue weighted by atomic mass is 28.3. The van der Waals surface area contributed by atoms with Crippen molar-refractivity contribution in [3.05, 3.63) is 59.3 Å².